The standard InChI is InChI=1S/C19H34O9/c1-8-5-13(21)18(10(3)24-8)28-16-7-14(22)19(11(4)26-16)27-15-6-12(20)17(23)9(2)25-15/h8-23H,5-7H2,1-4H3/t8-,9+,10+,11+,12-,13-,14-,15-,16-,17+,18+,19+/m0/s1. The van der Waals surface area contributed by atoms with Gasteiger partial charge in [0, 0.05) is 19.3 Å². The Morgan fingerprint density at radius 2 is 1.07 bits per heavy atom. The van der Waals surface area contributed by atoms with Crippen molar-refractivity contribution >= 4 is 0 Å². The number of rotatable bonds is 4. The fourth-order valence-corrected chi connectivity index (χ4v) is 4.26. The zero-order chi connectivity index (χ0) is 20.6. The molecule has 3 aliphatic rings. The molecule has 0 saturated carbocycles. The molecular formula is C19H34O9. The van der Waals surface area contributed by atoms with Crippen molar-refractivity contribution in [2.45, 2.75) is 121 Å². The highest BCUT2D eigenvalue weighted by molar-refractivity contribution is 4.88. The summed E-state index contributed by atoms with van der Waals surface area (Å²) >= 11 is 0. The second-order valence-corrected chi connectivity index (χ2v) is 8.29. The van der Waals surface area contributed by atoms with Gasteiger partial charge in [0.25, 0.3) is 0 Å². The Balaban J connectivity index is 1.54. The summed E-state index contributed by atoms with van der Waals surface area (Å²) < 4.78 is 28.9. The summed E-state index contributed by atoms with van der Waals surface area (Å²) in [6, 6.07) is 0. The molecule has 3 fully saturated rings. The number of hydrogen-bond acceptors (Lipinski definition) is 9. The average molecular weight is 406 g/mol. The van der Waals surface area contributed by atoms with Gasteiger partial charge in [-0.25, -0.2) is 0 Å². The lowest BCUT2D eigenvalue weighted by molar-refractivity contribution is -0.326. The molecule has 12 atom stereocenters. The van der Waals surface area contributed by atoms with Crippen LogP contribution in [-0.4, -0.2) is 94.0 Å². The largest absolute Gasteiger partial charge is 0.390 e. The van der Waals surface area contributed by atoms with Crippen LogP contribution in [0.2, 0.25) is 0 Å². The molecule has 0 bridgehead atoms. The maximum absolute atomic E-state index is 10.6. The number of ether oxygens (including phenoxy) is 5. The Labute approximate surface area is 165 Å². The molecule has 3 heterocycles. The lowest BCUT2D eigenvalue weighted by Gasteiger charge is -2.44. The molecular weight excluding hydrogens is 372 g/mol. The Bertz CT molecular complexity index is 470. The minimum Gasteiger partial charge on any atom is -0.390 e. The molecule has 3 aliphatic heterocycles. The van der Waals surface area contributed by atoms with Gasteiger partial charge in [-0.2, -0.15) is 0 Å². The average Bonchev–Trinajstić information content (AvgIpc) is 2.59. The van der Waals surface area contributed by atoms with E-state index in [4.69, 9.17) is 23.7 Å². The first-order valence-corrected chi connectivity index (χ1v) is 10.1. The Morgan fingerprint density at radius 3 is 1.57 bits per heavy atom. The predicted molar refractivity (Wildman–Crippen MR) is 96.3 cm³/mol. The van der Waals surface area contributed by atoms with E-state index in [1.807, 2.05) is 13.8 Å². The molecule has 0 aliphatic carbocycles. The van der Waals surface area contributed by atoms with E-state index in [-0.39, 0.29) is 25.0 Å². The molecule has 3 rings (SSSR count). The predicted octanol–water partition coefficient (Wildman–Crippen LogP) is -0.332. The van der Waals surface area contributed by atoms with Gasteiger partial charge in [-0.15, -0.1) is 0 Å². The summed E-state index contributed by atoms with van der Waals surface area (Å²) in [5, 5.41) is 40.6. The van der Waals surface area contributed by atoms with E-state index in [0.29, 0.717) is 6.42 Å². The van der Waals surface area contributed by atoms with Gasteiger partial charge in [0.15, 0.2) is 12.6 Å². The SMILES string of the molecule is C[C@H]1C[C@H](O)[C@H](O[C@H]2C[C@H](O)[C@H](O[C@H]3C[C@H](O)[C@H](O)[C@@H](C)O3)[C@@H](C)O2)[C@@H](C)O1. The normalized spacial score (nSPS) is 53.1. The van der Waals surface area contributed by atoms with Crippen molar-refractivity contribution in [1.29, 1.82) is 0 Å². The van der Waals surface area contributed by atoms with Crippen molar-refractivity contribution in [2.24, 2.45) is 0 Å². The highest BCUT2D eigenvalue weighted by Crippen LogP contribution is 2.31. The van der Waals surface area contributed by atoms with E-state index in [1.165, 1.54) is 0 Å². The molecule has 9 nitrogen and oxygen atoms in total. The van der Waals surface area contributed by atoms with E-state index in [1.54, 1.807) is 13.8 Å². The van der Waals surface area contributed by atoms with Crippen molar-refractivity contribution in [3.8, 4) is 0 Å². The third kappa shape index (κ3) is 5.03. The summed E-state index contributed by atoms with van der Waals surface area (Å²) in [6.07, 6.45) is -6.67. The van der Waals surface area contributed by atoms with Gasteiger partial charge in [-0.3, -0.25) is 0 Å². The number of aliphatic hydroxyl groups excluding tert-OH is 4. The molecule has 0 spiro atoms. The van der Waals surface area contributed by atoms with E-state index >= 15 is 0 Å². The molecule has 3 saturated heterocycles. The van der Waals surface area contributed by atoms with Gasteiger partial charge < -0.3 is 44.1 Å². The second-order valence-electron chi connectivity index (χ2n) is 8.29. The molecule has 164 valence electrons. The molecule has 4 N–H and O–H groups in total. The van der Waals surface area contributed by atoms with Crippen LogP contribution in [0, 0.1) is 0 Å². The van der Waals surface area contributed by atoms with Crippen LogP contribution >= 0.6 is 0 Å². The maximum Gasteiger partial charge on any atom is 0.161 e. The third-order valence-corrected chi connectivity index (χ3v) is 5.80. The summed E-state index contributed by atoms with van der Waals surface area (Å²) in [6.45, 7) is 7.18. The monoisotopic (exact) mass is 406 g/mol. The molecule has 0 radical (unpaired) electrons. The first-order chi connectivity index (χ1) is 13.2. The van der Waals surface area contributed by atoms with Crippen molar-refractivity contribution in [1.82, 2.24) is 0 Å². The van der Waals surface area contributed by atoms with Crippen LogP contribution in [0.3, 0.4) is 0 Å². The van der Waals surface area contributed by atoms with E-state index in [0.717, 1.165) is 0 Å². The molecule has 0 amide bonds. The summed E-state index contributed by atoms with van der Waals surface area (Å²) in [5.41, 5.74) is 0. The minimum absolute atomic E-state index is 0.0360. The van der Waals surface area contributed by atoms with Crippen LogP contribution < -0.4 is 0 Å². The van der Waals surface area contributed by atoms with Crippen LogP contribution in [0.15, 0.2) is 0 Å². The molecule has 0 aromatic heterocycles. The molecule has 0 aromatic carbocycles. The van der Waals surface area contributed by atoms with Crippen molar-refractivity contribution in [3.63, 3.8) is 0 Å². The second kappa shape index (κ2) is 9.20. The van der Waals surface area contributed by atoms with Gasteiger partial charge in [0.05, 0.1) is 42.7 Å². The molecule has 0 aromatic rings. The summed E-state index contributed by atoms with van der Waals surface area (Å²) in [4.78, 5) is 0. The topological polar surface area (TPSA) is 127 Å². The zero-order valence-electron chi connectivity index (χ0n) is 16.9. The lowest BCUT2D eigenvalue weighted by Crippen LogP contribution is -2.56. The van der Waals surface area contributed by atoms with Crippen LogP contribution in [0.5, 0.6) is 0 Å². The third-order valence-electron chi connectivity index (χ3n) is 5.80. The van der Waals surface area contributed by atoms with Gasteiger partial charge in [-0.1, -0.05) is 0 Å². The van der Waals surface area contributed by atoms with Crippen LogP contribution in [0.25, 0.3) is 0 Å². The Morgan fingerprint density at radius 1 is 0.607 bits per heavy atom. The smallest absolute Gasteiger partial charge is 0.161 e. The van der Waals surface area contributed by atoms with Gasteiger partial charge in [0.2, 0.25) is 0 Å². The van der Waals surface area contributed by atoms with Gasteiger partial charge in [0.1, 0.15) is 18.3 Å². The number of hydrogen-bond donors (Lipinski definition) is 4. The minimum atomic E-state index is -0.962. The molecule has 28 heavy (non-hydrogen) atoms. The quantitative estimate of drug-likeness (QED) is 0.496. The fraction of sp³-hybridized carbons (Fsp3) is 1.00. The van der Waals surface area contributed by atoms with Crippen molar-refractivity contribution in [2.75, 3.05) is 0 Å². The lowest BCUT2D eigenvalue weighted by atomic mass is 9.98. The van der Waals surface area contributed by atoms with Crippen molar-refractivity contribution in [3.05, 3.63) is 0 Å². The summed E-state index contributed by atoms with van der Waals surface area (Å²) in [7, 11) is 0. The van der Waals surface area contributed by atoms with E-state index < -0.39 is 61.4 Å². The van der Waals surface area contributed by atoms with Gasteiger partial charge >= 0.3 is 0 Å². The Kier molecular flexibility index (Phi) is 7.33. The maximum atomic E-state index is 10.6. The highest BCUT2D eigenvalue weighted by Gasteiger charge is 2.44. The van der Waals surface area contributed by atoms with Crippen molar-refractivity contribution < 1.29 is 44.1 Å². The molecule has 0 unspecified atom stereocenters. The Hall–Kier alpha value is -0.360. The van der Waals surface area contributed by atoms with Crippen LogP contribution in [0.4, 0.5) is 0 Å². The van der Waals surface area contributed by atoms with Crippen LogP contribution in [0.1, 0.15) is 47.0 Å². The molecule has 9 heteroatoms. The first-order valence-electron chi connectivity index (χ1n) is 10.1. The summed E-state index contributed by atoms with van der Waals surface area (Å²) in [5.74, 6) is 0. The highest BCUT2D eigenvalue weighted by atomic mass is 16.7. The first kappa shape index (κ1) is 22.3. The van der Waals surface area contributed by atoms with Gasteiger partial charge in [-0.05, 0) is 27.7 Å². The fourth-order valence-electron chi connectivity index (χ4n) is 4.26. The zero-order valence-corrected chi connectivity index (χ0v) is 16.9. The number of aliphatic hydroxyl groups is 4. The van der Waals surface area contributed by atoms with E-state index in [2.05, 4.69) is 0 Å². The van der Waals surface area contributed by atoms with Crippen LogP contribution in [-0.2, 0) is 23.7 Å². The van der Waals surface area contributed by atoms with E-state index in [9.17, 15) is 20.4 Å².